The van der Waals surface area contributed by atoms with Crippen LogP contribution in [0.5, 0.6) is 0 Å². The summed E-state index contributed by atoms with van der Waals surface area (Å²) in [6.45, 7) is 5.25. The number of hydrogen-bond acceptors (Lipinski definition) is 7. The molecular formula is C14H16N4O5. The fourth-order valence-corrected chi connectivity index (χ4v) is 1.66. The molecule has 122 valence electrons. The van der Waals surface area contributed by atoms with Crippen molar-refractivity contribution in [1.82, 2.24) is 15.5 Å². The summed E-state index contributed by atoms with van der Waals surface area (Å²) in [5, 5.41) is 20.8. The molecular weight excluding hydrogens is 304 g/mol. The van der Waals surface area contributed by atoms with Gasteiger partial charge in [-0.2, -0.15) is 0 Å². The molecule has 1 aromatic carbocycles. The second-order valence-corrected chi connectivity index (χ2v) is 5.66. The summed E-state index contributed by atoms with van der Waals surface area (Å²) in [4.78, 5) is 21.8. The first-order valence-corrected chi connectivity index (χ1v) is 6.79. The first-order chi connectivity index (χ1) is 10.7. The molecule has 0 aliphatic carbocycles. The molecule has 2 aromatic rings. The zero-order chi connectivity index (χ0) is 17.0. The van der Waals surface area contributed by atoms with Crippen LogP contribution in [0.25, 0.3) is 11.5 Å². The number of alkyl carbamates (subject to hydrolysis) is 1. The lowest BCUT2D eigenvalue weighted by Gasteiger charge is -2.19. The quantitative estimate of drug-likeness (QED) is 0.679. The highest BCUT2D eigenvalue weighted by molar-refractivity contribution is 5.67. The largest absolute Gasteiger partial charge is 0.444 e. The summed E-state index contributed by atoms with van der Waals surface area (Å²) in [6, 6.07) is 5.84. The SMILES string of the molecule is CC(C)(C)OC(=O)NCc1nnc(-c2cccc([N+](=O)[O-])c2)o1. The molecule has 0 fully saturated rings. The molecule has 9 heteroatoms. The predicted molar refractivity (Wildman–Crippen MR) is 79.5 cm³/mol. The van der Waals surface area contributed by atoms with Crippen molar-refractivity contribution in [1.29, 1.82) is 0 Å². The first-order valence-electron chi connectivity index (χ1n) is 6.79. The number of carbonyl (C=O) groups excluding carboxylic acids is 1. The number of nitro benzene ring substituents is 1. The molecule has 0 saturated carbocycles. The van der Waals surface area contributed by atoms with E-state index < -0.39 is 16.6 Å². The fourth-order valence-electron chi connectivity index (χ4n) is 1.66. The fraction of sp³-hybridized carbons (Fsp3) is 0.357. The standard InChI is InChI=1S/C14H16N4O5/c1-14(2,3)23-13(19)15-8-11-16-17-12(22-11)9-5-4-6-10(7-9)18(20)21/h4-7H,8H2,1-3H3,(H,15,19). The first kappa shape index (κ1) is 16.4. The Labute approximate surface area is 131 Å². The number of carbonyl (C=O) groups is 1. The van der Waals surface area contributed by atoms with Crippen LogP contribution in [0.3, 0.4) is 0 Å². The number of benzene rings is 1. The summed E-state index contributed by atoms with van der Waals surface area (Å²) < 4.78 is 10.4. The van der Waals surface area contributed by atoms with E-state index in [9.17, 15) is 14.9 Å². The van der Waals surface area contributed by atoms with Crippen molar-refractivity contribution >= 4 is 11.8 Å². The minimum atomic E-state index is -0.604. The van der Waals surface area contributed by atoms with Crippen LogP contribution < -0.4 is 5.32 Å². The number of ether oxygens (including phenoxy) is 1. The topological polar surface area (TPSA) is 120 Å². The van der Waals surface area contributed by atoms with Crippen molar-refractivity contribution in [2.24, 2.45) is 0 Å². The molecule has 0 bridgehead atoms. The van der Waals surface area contributed by atoms with Crippen molar-refractivity contribution < 1.29 is 18.9 Å². The Kier molecular flexibility index (Phi) is 4.58. The highest BCUT2D eigenvalue weighted by Gasteiger charge is 2.17. The maximum absolute atomic E-state index is 11.5. The Hall–Kier alpha value is -2.97. The van der Waals surface area contributed by atoms with Crippen LogP contribution in [-0.2, 0) is 11.3 Å². The zero-order valence-electron chi connectivity index (χ0n) is 12.9. The smallest absolute Gasteiger partial charge is 0.408 e. The van der Waals surface area contributed by atoms with Crippen LogP contribution >= 0.6 is 0 Å². The van der Waals surface area contributed by atoms with E-state index in [0.717, 1.165) is 0 Å². The molecule has 0 radical (unpaired) electrons. The van der Waals surface area contributed by atoms with Crippen LogP contribution in [0.2, 0.25) is 0 Å². The number of aromatic nitrogens is 2. The van der Waals surface area contributed by atoms with E-state index >= 15 is 0 Å². The lowest BCUT2D eigenvalue weighted by Crippen LogP contribution is -2.32. The number of rotatable bonds is 4. The summed E-state index contributed by atoms with van der Waals surface area (Å²) in [7, 11) is 0. The molecule has 1 N–H and O–H groups in total. The van der Waals surface area contributed by atoms with E-state index in [-0.39, 0.29) is 24.0 Å². The van der Waals surface area contributed by atoms with Gasteiger partial charge in [-0.25, -0.2) is 4.79 Å². The average molecular weight is 320 g/mol. The molecule has 0 spiro atoms. The highest BCUT2D eigenvalue weighted by atomic mass is 16.6. The predicted octanol–water partition coefficient (Wildman–Crippen LogP) is 2.67. The van der Waals surface area contributed by atoms with E-state index in [1.54, 1.807) is 26.8 Å². The summed E-state index contributed by atoms with van der Waals surface area (Å²) in [5.41, 5.74) is -0.253. The second-order valence-electron chi connectivity index (χ2n) is 5.66. The summed E-state index contributed by atoms with van der Waals surface area (Å²) in [5.74, 6) is 0.298. The van der Waals surface area contributed by atoms with Crippen LogP contribution in [0, 0.1) is 10.1 Å². The van der Waals surface area contributed by atoms with E-state index in [1.165, 1.54) is 18.2 Å². The normalized spacial score (nSPS) is 11.1. The molecule has 1 aromatic heterocycles. The van der Waals surface area contributed by atoms with Crippen LogP contribution in [0.15, 0.2) is 28.7 Å². The van der Waals surface area contributed by atoms with Gasteiger partial charge in [0, 0.05) is 17.7 Å². The van der Waals surface area contributed by atoms with Gasteiger partial charge in [-0.15, -0.1) is 10.2 Å². The minimum absolute atomic E-state index is 0.00313. The monoisotopic (exact) mass is 320 g/mol. The van der Waals surface area contributed by atoms with Gasteiger partial charge in [0.25, 0.3) is 5.69 Å². The zero-order valence-corrected chi connectivity index (χ0v) is 12.9. The Morgan fingerprint density at radius 2 is 2.13 bits per heavy atom. The second kappa shape index (κ2) is 6.42. The van der Waals surface area contributed by atoms with Crippen molar-refractivity contribution in [2.45, 2.75) is 32.9 Å². The van der Waals surface area contributed by atoms with E-state index in [1.807, 2.05) is 0 Å². The van der Waals surface area contributed by atoms with Gasteiger partial charge in [-0.05, 0) is 26.8 Å². The maximum Gasteiger partial charge on any atom is 0.408 e. The third kappa shape index (κ3) is 4.77. The van der Waals surface area contributed by atoms with E-state index in [2.05, 4.69) is 15.5 Å². The van der Waals surface area contributed by atoms with Gasteiger partial charge in [0.05, 0.1) is 11.5 Å². The molecule has 2 rings (SSSR count). The minimum Gasteiger partial charge on any atom is -0.444 e. The van der Waals surface area contributed by atoms with Gasteiger partial charge in [0.2, 0.25) is 11.8 Å². The molecule has 1 amide bonds. The third-order valence-electron chi connectivity index (χ3n) is 2.55. The molecule has 0 aliphatic heterocycles. The molecule has 1 heterocycles. The number of nitrogens with zero attached hydrogens (tertiary/aromatic N) is 3. The lowest BCUT2D eigenvalue weighted by atomic mass is 10.2. The Balaban J connectivity index is 2.02. The van der Waals surface area contributed by atoms with Gasteiger partial charge in [-0.1, -0.05) is 6.07 Å². The van der Waals surface area contributed by atoms with Crippen LogP contribution in [-0.4, -0.2) is 26.8 Å². The van der Waals surface area contributed by atoms with Gasteiger partial charge < -0.3 is 14.5 Å². The number of amides is 1. The molecule has 23 heavy (non-hydrogen) atoms. The molecule has 0 unspecified atom stereocenters. The van der Waals surface area contributed by atoms with Crippen LogP contribution in [0.1, 0.15) is 26.7 Å². The lowest BCUT2D eigenvalue weighted by molar-refractivity contribution is -0.384. The molecule has 0 saturated heterocycles. The molecule has 9 nitrogen and oxygen atoms in total. The molecule has 0 aliphatic rings. The number of hydrogen-bond donors (Lipinski definition) is 1. The average Bonchev–Trinajstić information content (AvgIpc) is 2.92. The highest BCUT2D eigenvalue weighted by Crippen LogP contribution is 2.22. The Bertz CT molecular complexity index is 720. The number of non-ortho nitro benzene ring substituents is 1. The van der Waals surface area contributed by atoms with Gasteiger partial charge in [-0.3, -0.25) is 10.1 Å². The van der Waals surface area contributed by atoms with Gasteiger partial charge in [0.15, 0.2) is 0 Å². The van der Waals surface area contributed by atoms with Gasteiger partial charge >= 0.3 is 6.09 Å². The third-order valence-corrected chi connectivity index (χ3v) is 2.55. The van der Waals surface area contributed by atoms with Crippen molar-refractivity contribution in [2.75, 3.05) is 0 Å². The van der Waals surface area contributed by atoms with Crippen molar-refractivity contribution in [3.05, 3.63) is 40.3 Å². The van der Waals surface area contributed by atoms with E-state index in [4.69, 9.17) is 9.15 Å². The Morgan fingerprint density at radius 3 is 2.78 bits per heavy atom. The number of nitro groups is 1. The maximum atomic E-state index is 11.5. The van der Waals surface area contributed by atoms with E-state index in [0.29, 0.717) is 5.56 Å². The summed E-state index contributed by atoms with van der Waals surface area (Å²) >= 11 is 0. The van der Waals surface area contributed by atoms with Crippen molar-refractivity contribution in [3.8, 4) is 11.5 Å². The summed E-state index contributed by atoms with van der Waals surface area (Å²) in [6.07, 6.45) is -0.604. The molecule has 0 atom stereocenters. The Morgan fingerprint density at radius 1 is 1.39 bits per heavy atom. The van der Waals surface area contributed by atoms with Crippen molar-refractivity contribution in [3.63, 3.8) is 0 Å². The number of nitrogens with one attached hydrogen (secondary N) is 1. The van der Waals surface area contributed by atoms with Crippen LogP contribution in [0.4, 0.5) is 10.5 Å². The van der Waals surface area contributed by atoms with Gasteiger partial charge in [0.1, 0.15) is 5.60 Å².